The van der Waals surface area contributed by atoms with E-state index in [1.807, 2.05) is 6.92 Å². The lowest BCUT2D eigenvalue weighted by molar-refractivity contribution is -0.123. The predicted molar refractivity (Wildman–Crippen MR) is 90.2 cm³/mol. The molecule has 3 atom stereocenters. The second-order valence-electron chi connectivity index (χ2n) is 6.58. The summed E-state index contributed by atoms with van der Waals surface area (Å²) in [5.41, 5.74) is -0.162. The molecule has 0 amide bonds. The van der Waals surface area contributed by atoms with Crippen molar-refractivity contribution in [2.24, 2.45) is 11.8 Å². The van der Waals surface area contributed by atoms with Crippen LogP contribution in [-0.2, 0) is 20.7 Å². The van der Waals surface area contributed by atoms with E-state index in [1.165, 1.54) is 19.3 Å². The van der Waals surface area contributed by atoms with Gasteiger partial charge in [-0.25, -0.2) is 4.39 Å². The molecular weight excluding hydrogens is 323 g/mol. The highest BCUT2D eigenvalue weighted by Gasteiger charge is 2.51. The largest absolute Gasteiger partial charge is 0.497 e. The van der Waals surface area contributed by atoms with Crippen LogP contribution in [0.5, 0.6) is 5.75 Å². The molecule has 0 saturated carbocycles. The molecule has 1 heterocycles. The minimum Gasteiger partial charge on any atom is -0.497 e. The second kappa shape index (κ2) is 6.89. The number of carbonyl (C=O) groups excluding carboxylic acids is 1. The van der Waals surface area contributed by atoms with Crippen molar-refractivity contribution in [3.63, 3.8) is 0 Å². The molecule has 1 aromatic rings. The second-order valence-corrected chi connectivity index (χ2v) is 6.58. The third-order valence-corrected chi connectivity index (χ3v) is 5.12. The molecule has 4 nitrogen and oxygen atoms in total. The van der Waals surface area contributed by atoms with Crippen LogP contribution >= 0.6 is 0 Å². The van der Waals surface area contributed by atoms with Gasteiger partial charge in [-0.15, -0.1) is 12.3 Å². The maximum absolute atomic E-state index is 14.3. The number of hydrogen-bond donors (Lipinski definition) is 0. The van der Waals surface area contributed by atoms with Gasteiger partial charge in [-0.2, -0.15) is 0 Å². The van der Waals surface area contributed by atoms with Gasteiger partial charge in [0.2, 0.25) is 0 Å². The Kier molecular flexibility index (Phi) is 4.82. The minimum absolute atomic E-state index is 0.0306. The van der Waals surface area contributed by atoms with Gasteiger partial charge in [0.25, 0.3) is 0 Å². The third kappa shape index (κ3) is 3.14. The van der Waals surface area contributed by atoms with Crippen LogP contribution in [0.15, 0.2) is 30.0 Å². The average Bonchev–Trinajstić information content (AvgIpc) is 3.01. The summed E-state index contributed by atoms with van der Waals surface area (Å²) < 4.78 is 30.8. The van der Waals surface area contributed by atoms with Gasteiger partial charge >= 0.3 is 0 Å². The Balaban J connectivity index is 1.87. The van der Waals surface area contributed by atoms with Gasteiger partial charge < -0.3 is 14.2 Å². The molecule has 1 fully saturated rings. The van der Waals surface area contributed by atoms with Gasteiger partial charge in [-0.3, -0.25) is 4.79 Å². The maximum atomic E-state index is 14.3. The lowest BCUT2D eigenvalue weighted by atomic mass is 9.71. The van der Waals surface area contributed by atoms with E-state index in [4.69, 9.17) is 20.6 Å². The maximum Gasteiger partial charge on any atom is 0.189 e. The molecule has 132 valence electrons. The average molecular weight is 344 g/mol. The fraction of sp³-hybridized carbons (Fsp3) is 0.450. The van der Waals surface area contributed by atoms with Crippen molar-refractivity contribution < 1.29 is 23.4 Å². The fourth-order valence-corrected chi connectivity index (χ4v) is 3.65. The predicted octanol–water partition coefficient (Wildman–Crippen LogP) is 3.25. The number of allylic oxidation sites excluding steroid dienone is 1. The number of fused-ring (bicyclic) bond motifs is 1. The van der Waals surface area contributed by atoms with E-state index >= 15 is 0 Å². The Morgan fingerprint density at radius 3 is 3.00 bits per heavy atom. The molecule has 0 bridgehead atoms. The van der Waals surface area contributed by atoms with Crippen LogP contribution < -0.4 is 4.74 Å². The third-order valence-electron chi connectivity index (χ3n) is 5.12. The molecule has 1 aliphatic carbocycles. The SMILES string of the molecule is C#CC[C@H]1C[C@]2([C@@H](C)Cc3ccc(OC)cc3F)OCOC2=CC1=O. The zero-order chi connectivity index (χ0) is 18.0. The Hall–Kier alpha value is -2.32. The van der Waals surface area contributed by atoms with E-state index in [0.717, 1.165) is 0 Å². The molecule has 0 N–H and O–H groups in total. The standard InChI is InChI=1S/C20H21FO4/c1-4-5-15-11-20(19(10-18(15)22)24-12-25-20)13(2)8-14-6-7-16(23-3)9-17(14)21/h1,6-7,9-10,13,15H,5,8,11-12H2,2-3H3/t13-,15-,20+/m0/s1. The minimum atomic E-state index is -0.734. The molecule has 0 unspecified atom stereocenters. The molecule has 5 heteroatoms. The Labute approximate surface area is 147 Å². The van der Waals surface area contributed by atoms with E-state index in [-0.39, 0.29) is 30.2 Å². The van der Waals surface area contributed by atoms with Crippen LogP contribution in [0, 0.1) is 30.0 Å². The van der Waals surface area contributed by atoms with Gasteiger partial charge in [0, 0.05) is 24.5 Å². The van der Waals surface area contributed by atoms with Crippen molar-refractivity contribution in [3.05, 3.63) is 41.4 Å². The van der Waals surface area contributed by atoms with Crippen LogP contribution in [0.3, 0.4) is 0 Å². The molecular formula is C20H21FO4. The van der Waals surface area contributed by atoms with Crippen LogP contribution in [0.25, 0.3) is 0 Å². The molecule has 3 rings (SSSR count). The van der Waals surface area contributed by atoms with E-state index in [9.17, 15) is 9.18 Å². The highest BCUT2D eigenvalue weighted by atomic mass is 19.1. The first-order valence-corrected chi connectivity index (χ1v) is 8.29. The quantitative estimate of drug-likeness (QED) is 0.769. The molecule has 2 aliphatic rings. The molecule has 1 aliphatic heterocycles. The van der Waals surface area contributed by atoms with Gasteiger partial charge in [0.1, 0.15) is 22.9 Å². The molecule has 0 aromatic heterocycles. The van der Waals surface area contributed by atoms with Crippen molar-refractivity contribution >= 4 is 5.78 Å². The number of halogens is 1. The Bertz CT molecular complexity index is 749. The highest BCUT2D eigenvalue weighted by molar-refractivity contribution is 5.94. The lowest BCUT2D eigenvalue weighted by Gasteiger charge is -2.38. The van der Waals surface area contributed by atoms with Crippen LogP contribution in [-0.4, -0.2) is 25.3 Å². The monoisotopic (exact) mass is 344 g/mol. The summed E-state index contributed by atoms with van der Waals surface area (Å²) in [7, 11) is 1.50. The number of carbonyl (C=O) groups is 1. The Morgan fingerprint density at radius 2 is 2.32 bits per heavy atom. The molecule has 0 radical (unpaired) electrons. The number of rotatable bonds is 5. The van der Waals surface area contributed by atoms with Gasteiger partial charge in [-0.05, 0) is 30.4 Å². The van der Waals surface area contributed by atoms with Crippen LogP contribution in [0.1, 0.15) is 25.3 Å². The molecule has 25 heavy (non-hydrogen) atoms. The summed E-state index contributed by atoms with van der Waals surface area (Å²) >= 11 is 0. The summed E-state index contributed by atoms with van der Waals surface area (Å²) in [6.07, 6.45) is 8.16. The fourth-order valence-electron chi connectivity index (χ4n) is 3.65. The number of benzene rings is 1. The summed E-state index contributed by atoms with van der Waals surface area (Å²) in [4.78, 5) is 12.2. The summed E-state index contributed by atoms with van der Waals surface area (Å²) in [5, 5.41) is 0. The Morgan fingerprint density at radius 1 is 1.52 bits per heavy atom. The summed E-state index contributed by atoms with van der Waals surface area (Å²) in [6, 6.07) is 4.82. The normalized spacial score (nSPS) is 26.2. The van der Waals surface area contributed by atoms with Crippen molar-refractivity contribution in [3.8, 4) is 18.1 Å². The van der Waals surface area contributed by atoms with Gasteiger partial charge in [0.05, 0.1) is 7.11 Å². The zero-order valence-corrected chi connectivity index (χ0v) is 14.4. The first-order valence-electron chi connectivity index (χ1n) is 8.29. The highest BCUT2D eigenvalue weighted by Crippen LogP contribution is 2.46. The van der Waals surface area contributed by atoms with Crippen LogP contribution in [0.2, 0.25) is 0 Å². The molecule has 0 spiro atoms. The topological polar surface area (TPSA) is 44.8 Å². The van der Waals surface area contributed by atoms with Crippen molar-refractivity contribution in [2.45, 2.75) is 31.8 Å². The zero-order valence-electron chi connectivity index (χ0n) is 14.4. The van der Waals surface area contributed by atoms with Crippen molar-refractivity contribution in [2.75, 3.05) is 13.9 Å². The lowest BCUT2D eigenvalue weighted by Crippen LogP contribution is -2.45. The van der Waals surface area contributed by atoms with Crippen LogP contribution in [0.4, 0.5) is 4.39 Å². The number of methoxy groups -OCH3 is 1. The van der Waals surface area contributed by atoms with E-state index in [0.29, 0.717) is 36.3 Å². The summed E-state index contributed by atoms with van der Waals surface area (Å²) in [5.74, 6) is 2.84. The van der Waals surface area contributed by atoms with Crippen molar-refractivity contribution in [1.29, 1.82) is 0 Å². The van der Waals surface area contributed by atoms with Gasteiger partial charge in [-0.1, -0.05) is 13.0 Å². The van der Waals surface area contributed by atoms with E-state index in [1.54, 1.807) is 12.1 Å². The van der Waals surface area contributed by atoms with E-state index < -0.39 is 5.60 Å². The smallest absolute Gasteiger partial charge is 0.189 e. The number of hydrogen-bond acceptors (Lipinski definition) is 4. The molecule has 1 aromatic carbocycles. The first-order chi connectivity index (χ1) is 12.0. The van der Waals surface area contributed by atoms with Crippen molar-refractivity contribution in [1.82, 2.24) is 0 Å². The number of ether oxygens (including phenoxy) is 3. The first kappa shape index (κ1) is 17.5. The summed E-state index contributed by atoms with van der Waals surface area (Å²) in [6.45, 7) is 2.08. The number of ketones is 1. The van der Waals surface area contributed by atoms with Gasteiger partial charge in [0.15, 0.2) is 12.6 Å². The molecule has 1 saturated heterocycles. The van der Waals surface area contributed by atoms with E-state index in [2.05, 4.69) is 5.92 Å². The number of terminal acetylenes is 1.